The molecule has 1 aliphatic heterocycles. The van der Waals surface area contributed by atoms with Gasteiger partial charge in [0.05, 0.1) is 36.0 Å². The molecule has 0 aliphatic carbocycles. The summed E-state index contributed by atoms with van der Waals surface area (Å²) >= 11 is 0. The molecule has 0 bridgehead atoms. The largest absolute Gasteiger partial charge is 0.522 e. The average molecular weight is 541 g/mol. The average Bonchev–Trinajstić information content (AvgIpc) is 3.11. The van der Waals surface area contributed by atoms with E-state index in [9.17, 15) is 39.6 Å². The van der Waals surface area contributed by atoms with E-state index in [1.807, 2.05) is 0 Å². The molecule has 0 unspecified atom stereocenters. The maximum Gasteiger partial charge on any atom is 0.522 e. The SMILES string of the molecule is C[C@H]1[C@H](F)C[C@@H](C(=O)NCc2cc(OCCOC(F)(F)F)c(F)cn2)N1S(=O)(=O)c1ccc(F)cc1. The molecule has 3 rings (SSSR count). The van der Waals surface area contributed by atoms with Crippen LogP contribution in [0.3, 0.4) is 0 Å². The van der Waals surface area contributed by atoms with E-state index in [-0.39, 0.29) is 17.1 Å². The normalized spacial score (nSPS) is 20.9. The van der Waals surface area contributed by atoms with E-state index in [0.717, 1.165) is 36.5 Å². The van der Waals surface area contributed by atoms with Crippen LogP contribution in [-0.4, -0.2) is 61.4 Å². The number of carbonyl (C=O) groups excluding carboxylic acids is 1. The van der Waals surface area contributed by atoms with Crippen molar-refractivity contribution < 1.29 is 49.0 Å². The zero-order valence-electron chi connectivity index (χ0n) is 18.6. The lowest BCUT2D eigenvalue weighted by atomic mass is 10.1. The van der Waals surface area contributed by atoms with Crippen molar-refractivity contribution in [3.8, 4) is 5.75 Å². The highest BCUT2D eigenvalue weighted by Gasteiger charge is 2.49. The Bertz CT molecular complexity index is 1180. The highest BCUT2D eigenvalue weighted by molar-refractivity contribution is 7.89. The Morgan fingerprint density at radius 1 is 1.19 bits per heavy atom. The fourth-order valence-electron chi connectivity index (χ4n) is 3.57. The molecule has 1 aliphatic rings. The Morgan fingerprint density at radius 2 is 1.86 bits per heavy atom. The van der Waals surface area contributed by atoms with Gasteiger partial charge in [0.25, 0.3) is 0 Å². The molecule has 198 valence electrons. The number of nitrogens with one attached hydrogen (secondary N) is 1. The fraction of sp³-hybridized carbons (Fsp3) is 0.429. The van der Waals surface area contributed by atoms with Gasteiger partial charge in [-0.1, -0.05) is 0 Å². The molecule has 0 spiro atoms. The number of amides is 1. The van der Waals surface area contributed by atoms with Crippen molar-refractivity contribution >= 4 is 15.9 Å². The van der Waals surface area contributed by atoms with Crippen molar-refractivity contribution in [3.05, 3.63) is 53.9 Å². The number of hydrogen-bond donors (Lipinski definition) is 1. The van der Waals surface area contributed by atoms with Gasteiger partial charge in [-0.15, -0.1) is 13.2 Å². The van der Waals surface area contributed by atoms with Crippen LogP contribution in [0.25, 0.3) is 0 Å². The summed E-state index contributed by atoms with van der Waals surface area (Å²) < 4.78 is 113. The fourth-order valence-corrected chi connectivity index (χ4v) is 5.38. The second-order valence-corrected chi connectivity index (χ2v) is 9.61. The Balaban J connectivity index is 1.68. The summed E-state index contributed by atoms with van der Waals surface area (Å²) in [5, 5.41) is 2.39. The van der Waals surface area contributed by atoms with Crippen LogP contribution >= 0.6 is 0 Å². The standard InChI is InChI=1S/C21H21F6N3O5S/c1-12-16(23)9-18(30(12)36(32,33)15-4-2-13(22)3-5-15)20(31)29-10-14-8-19(17(24)11-28-14)34-6-7-35-21(25,26)27/h2-5,8,11-12,16,18H,6-7,9-10H2,1H3,(H,29,31)/t12-,16+,18-/m0/s1. The smallest absolute Gasteiger partial charge is 0.488 e. The number of alkyl halides is 4. The van der Waals surface area contributed by atoms with Crippen molar-refractivity contribution in [2.75, 3.05) is 13.2 Å². The third kappa shape index (κ3) is 6.64. The van der Waals surface area contributed by atoms with Gasteiger partial charge in [0.1, 0.15) is 24.6 Å². The number of nitrogens with zero attached hydrogens (tertiary/aromatic N) is 2. The molecule has 8 nitrogen and oxygen atoms in total. The minimum Gasteiger partial charge on any atom is -0.488 e. The molecule has 1 amide bonds. The van der Waals surface area contributed by atoms with E-state index in [0.29, 0.717) is 4.31 Å². The second-order valence-electron chi connectivity index (χ2n) is 7.76. The molecule has 1 N–H and O–H groups in total. The highest BCUT2D eigenvalue weighted by Crippen LogP contribution is 2.33. The van der Waals surface area contributed by atoms with Gasteiger partial charge in [-0.2, -0.15) is 4.31 Å². The van der Waals surface area contributed by atoms with Crippen molar-refractivity contribution in [2.45, 2.75) is 49.4 Å². The molecule has 1 aromatic carbocycles. The molecular weight excluding hydrogens is 520 g/mol. The van der Waals surface area contributed by atoms with Crippen LogP contribution < -0.4 is 10.1 Å². The Kier molecular flexibility index (Phi) is 8.46. The molecule has 15 heteroatoms. The molecule has 1 saturated heterocycles. The zero-order valence-corrected chi connectivity index (χ0v) is 19.5. The summed E-state index contributed by atoms with van der Waals surface area (Å²) in [5.74, 6) is -2.96. The Hall–Kier alpha value is -2.91. The van der Waals surface area contributed by atoms with E-state index < -0.39 is 77.6 Å². The summed E-state index contributed by atoms with van der Waals surface area (Å²) in [4.78, 5) is 16.2. The molecule has 1 aromatic heterocycles. The zero-order chi connectivity index (χ0) is 26.7. The highest BCUT2D eigenvalue weighted by atomic mass is 32.2. The molecule has 0 saturated carbocycles. The van der Waals surface area contributed by atoms with Crippen LogP contribution in [0.15, 0.2) is 41.4 Å². The van der Waals surface area contributed by atoms with Gasteiger partial charge < -0.3 is 10.1 Å². The number of rotatable bonds is 9. The number of halogens is 6. The number of ether oxygens (including phenoxy) is 2. The van der Waals surface area contributed by atoms with Crippen molar-refractivity contribution in [1.29, 1.82) is 0 Å². The second kappa shape index (κ2) is 11.0. The van der Waals surface area contributed by atoms with Crippen molar-refractivity contribution in [1.82, 2.24) is 14.6 Å². The topological polar surface area (TPSA) is 97.8 Å². The van der Waals surface area contributed by atoms with Gasteiger partial charge in [0.2, 0.25) is 15.9 Å². The molecule has 1 fully saturated rings. The van der Waals surface area contributed by atoms with Crippen LogP contribution in [0.5, 0.6) is 5.75 Å². The maximum atomic E-state index is 14.5. The van der Waals surface area contributed by atoms with E-state index in [4.69, 9.17) is 4.74 Å². The van der Waals surface area contributed by atoms with Crippen molar-refractivity contribution in [2.24, 2.45) is 0 Å². The van der Waals surface area contributed by atoms with E-state index in [1.54, 1.807) is 0 Å². The minimum absolute atomic E-state index is 0.0345. The van der Waals surface area contributed by atoms with Gasteiger partial charge in [-0.05, 0) is 31.2 Å². The molecule has 2 heterocycles. The summed E-state index contributed by atoms with van der Waals surface area (Å²) in [5.41, 5.74) is 0.0345. The van der Waals surface area contributed by atoms with E-state index in [2.05, 4.69) is 15.0 Å². The third-order valence-corrected chi connectivity index (χ3v) is 7.31. The molecule has 2 aromatic rings. The Labute approximate surface area is 202 Å². The lowest BCUT2D eigenvalue weighted by Gasteiger charge is -2.26. The first-order valence-electron chi connectivity index (χ1n) is 10.5. The number of sulfonamides is 1. The minimum atomic E-state index is -4.87. The number of benzene rings is 1. The predicted octanol–water partition coefficient (Wildman–Crippen LogP) is 3.08. The van der Waals surface area contributed by atoms with Gasteiger partial charge in [0.15, 0.2) is 11.6 Å². The molecule has 36 heavy (non-hydrogen) atoms. The van der Waals surface area contributed by atoms with Crippen LogP contribution in [-0.2, 0) is 26.1 Å². The lowest BCUT2D eigenvalue weighted by molar-refractivity contribution is -0.325. The summed E-state index contributed by atoms with van der Waals surface area (Å²) in [6, 6.07) is 2.27. The van der Waals surface area contributed by atoms with Gasteiger partial charge >= 0.3 is 6.36 Å². The van der Waals surface area contributed by atoms with Crippen molar-refractivity contribution in [3.63, 3.8) is 0 Å². The van der Waals surface area contributed by atoms with Crippen LogP contribution in [0, 0.1) is 11.6 Å². The van der Waals surface area contributed by atoms with Crippen LogP contribution in [0.4, 0.5) is 26.3 Å². The summed E-state index contributed by atoms with van der Waals surface area (Å²) in [6.07, 6.45) is -6.23. The first-order valence-corrected chi connectivity index (χ1v) is 11.9. The van der Waals surface area contributed by atoms with Gasteiger partial charge in [-0.25, -0.2) is 21.6 Å². The van der Waals surface area contributed by atoms with Gasteiger partial charge in [0, 0.05) is 12.5 Å². The number of aromatic nitrogens is 1. The maximum absolute atomic E-state index is 14.5. The first kappa shape index (κ1) is 27.7. The molecule has 3 atom stereocenters. The predicted molar refractivity (Wildman–Crippen MR) is 112 cm³/mol. The summed E-state index contributed by atoms with van der Waals surface area (Å²) in [6.45, 7) is -0.562. The van der Waals surface area contributed by atoms with Crippen LogP contribution in [0.1, 0.15) is 19.0 Å². The van der Waals surface area contributed by atoms with Gasteiger partial charge in [-0.3, -0.25) is 14.5 Å². The number of pyridine rings is 1. The molecule has 0 radical (unpaired) electrons. The number of hydrogen-bond acceptors (Lipinski definition) is 6. The lowest BCUT2D eigenvalue weighted by Crippen LogP contribution is -2.48. The summed E-state index contributed by atoms with van der Waals surface area (Å²) in [7, 11) is -4.36. The van der Waals surface area contributed by atoms with E-state index >= 15 is 0 Å². The number of carbonyl (C=O) groups is 1. The monoisotopic (exact) mass is 541 g/mol. The molecular formula is C21H21F6N3O5S. The van der Waals surface area contributed by atoms with E-state index in [1.165, 1.54) is 6.92 Å². The van der Waals surface area contributed by atoms with Crippen LogP contribution in [0.2, 0.25) is 0 Å². The third-order valence-electron chi connectivity index (χ3n) is 5.30. The Morgan fingerprint density at radius 3 is 2.50 bits per heavy atom. The quantitative estimate of drug-likeness (QED) is 0.387. The first-order chi connectivity index (χ1) is 16.8.